The Hall–Kier alpha value is -1.67. The Balaban J connectivity index is 2.53. The second-order valence-electron chi connectivity index (χ2n) is 3.65. The molecule has 0 amide bonds. The molecule has 0 aliphatic rings. The summed E-state index contributed by atoms with van der Waals surface area (Å²) in [7, 11) is -3.21. The highest BCUT2D eigenvalue weighted by Crippen LogP contribution is 2.07. The fourth-order valence-electron chi connectivity index (χ4n) is 1.76. The minimum absolute atomic E-state index is 0.746. The molecule has 0 atom stereocenters. The molecule has 0 N–H and O–H groups in total. The van der Waals surface area contributed by atoms with Gasteiger partial charge in [0.2, 0.25) is 0 Å². The summed E-state index contributed by atoms with van der Waals surface area (Å²) in [6.45, 7) is 3.67. The summed E-state index contributed by atoms with van der Waals surface area (Å²) in [6.07, 6.45) is 0. The van der Waals surface area contributed by atoms with E-state index in [9.17, 15) is 0 Å². The van der Waals surface area contributed by atoms with Gasteiger partial charge in [0, 0.05) is 0 Å². The Morgan fingerprint density at radius 3 is 1.50 bits per heavy atom. The predicted molar refractivity (Wildman–Crippen MR) is 69.2 cm³/mol. The van der Waals surface area contributed by atoms with Crippen molar-refractivity contribution in [1.82, 2.24) is 0 Å². The first-order valence-electron chi connectivity index (χ1n) is 5.21. The highest BCUT2D eigenvalue weighted by Gasteiger charge is 2.34. The fourth-order valence-corrected chi connectivity index (χ4v) is 3.92. The van der Waals surface area contributed by atoms with Crippen molar-refractivity contribution in [3.8, 4) is 0 Å². The second-order valence-corrected chi connectivity index (χ2v) is 6.63. The molecular weight excluding hydrogens is 215 g/mol. The number of benzene rings is 2. The molecule has 0 radical (unpaired) electrons. The van der Waals surface area contributed by atoms with Crippen LogP contribution in [0.25, 0.3) is 0 Å². The van der Waals surface area contributed by atoms with Crippen LogP contribution in [0.2, 0.25) is 0 Å². The third kappa shape index (κ3) is 1.84. The van der Waals surface area contributed by atoms with Gasteiger partial charge in [-0.05, 0) is 10.4 Å². The van der Waals surface area contributed by atoms with E-state index < -0.39 is 8.41 Å². The molecule has 0 bridgehead atoms. The molecular formula is C14H13FSi. The first kappa shape index (κ1) is 10.8. The van der Waals surface area contributed by atoms with Crippen molar-refractivity contribution in [3.63, 3.8) is 0 Å². The highest BCUT2D eigenvalue weighted by atomic mass is 28.4. The van der Waals surface area contributed by atoms with Gasteiger partial charge in [-0.25, -0.2) is 0 Å². The molecule has 80 valence electrons. The van der Waals surface area contributed by atoms with Gasteiger partial charge in [0.15, 0.2) is 0 Å². The summed E-state index contributed by atoms with van der Waals surface area (Å²) in [4.78, 5) is 0. The topological polar surface area (TPSA) is 0 Å². The van der Waals surface area contributed by atoms with Gasteiger partial charge < -0.3 is 0 Å². The maximum absolute atomic E-state index is 15.0. The Labute approximate surface area is 96.2 Å². The first-order chi connectivity index (χ1) is 7.77. The average molecular weight is 228 g/mol. The molecule has 2 aromatic rings. The van der Waals surface area contributed by atoms with Crippen molar-refractivity contribution in [2.45, 2.75) is 0 Å². The summed E-state index contributed by atoms with van der Waals surface area (Å²) in [6, 6.07) is 18.6. The molecule has 0 spiro atoms. The number of hydrogen-bond acceptors (Lipinski definition) is 0. The van der Waals surface area contributed by atoms with E-state index in [4.69, 9.17) is 0 Å². The number of hydrogen-bond donors (Lipinski definition) is 0. The molecule has 16 heavy (non-hydrogen) atoms. The molecule has 0 heterocycles. The van der Waals surface area contributed by atoms with E-state index in [2.05, 4.69) is 6.58 Å². The van der Waals surface area contributed by atoms with Crippen LogP contribution in [-0.4, -0.2) is 8.41 Å². The Bertz CT molecular complexity index is 425. The molecule has 0 fully saturated rings. The van der Waals surface area contributed by atoms with Crippen molar-refractivity contribution in [3.05, 3.63) is 72.9 Å². The van der Waals surface area contributed by atoms with Crippen LogP contribution >= 0.6 is 0 Å². The van der Waals surface area contributed by atoms with Crippen molar-refractivity contribution in [2.24, 2.45) is 0 Å². The molecule has 0 nitrogen and oxygen atoms in total. The summed E-state index contributed by atoms with van der Waals surface area (Å²) in [5.41, 5.74) is 1.48. The Morgan fingerprint density at radius 2 is 1.19 bits per heavy atom. The van der Waals surface area contributed by atoms with Crippen molar-refractivity contribution >= 4 is 18.8 Å². The van der Waals surface area contributed by atoms with E-state index in [1.54, 1.807) is 0 Å². The summed E-state index contributed by atoms with van der Waals surface area (Å²) in [5.74, 6) is 0. The van der Waals surface area contributed by atoms with Gasteiger partial charge in [-0.3, -0.25) is 4.11 Å². The van der Waals surface area contributed by atoms with Crippen molar-refractivity contribution in [1.29, 1.82) is 0 Å². The zero-order valence-corrected chi connectivity index (χ0v) is 9.94. The molecule has 0 saturated heterocycles. The lowest BCUT2D eigenvalue weighted by Gasteiger charge is -2.18. The summed E-state index contributed by atoms with van der Waals surface area (Å²) >= 11 is 0. The van der Waals surface area contributed by atoms with Crippen molar-refractivity contribution < 1.29 is 4.11 Å². The molecule has 0 unspecified atom stereocenters. The minimum atomic E-state index is -3.21. The normalized spacial score (nSPS) is 11.1. The van der Waals surface area contributed by atoms with Gasteiger partial charge in [0.25, 0.3) is 0 Å². The molecule has 0 saturated carbocycles. The monoisotopic (exact) mass is 228 g/mol. The smallest absolute Gasteiger partial charge is 0.296 e. The van der Waals surface area contributed by atoms with Gasteiger partial charge in [0.1, 0.15) is 0 Å². The SMILES string of the molecule is C=C[Si](F)(c1ccccc1)c1ccccc1. The van der Waals surface area contributed by atoms with Crippen LogP contribution in [0.1, 0.15) is 0 Å². The molecule has 0 aliphatic heterocycles. The van der Waals surface area contributed by atoms with Crippen LogP contribution in [0.5, 0.6) is 0 Å². The third-order valence-corrected chi connectivity index (χ3v) is 5.58. The van der Waals surface area contributed by atoms with E-state index in [1.165, 1.54) is 5.70 Å². The number of rotatable bonds is 3. The van der Waals surface area contributed by atoms with E-state index in [0.717, 1.165) is 10.4 Å². The van der Waals surface area contributed by atoms with Crippen LogP contribution in [0.15, 0.2) is 72.9 Å². The second kappa shape index (κ2) is 4.45. The quantitative estimate of drug-likeness (QED) is 0.559. The van der Waals surface area contributed by atoms with Crippen LogP contribution in [0.4, 0.5) is 4.11 Å². The van der Waals surface area contributed by atoms with Gasteiger partial charge in [-0.1, -0.05) is 66.4 Å². The average Bonchev–Trinajstić information content (AvgIpc) is 2.40. The highest BCUT2D eigenvalue weighted by molar-refractivity contribution is 7.00. The van der Waals surface area contributed by atoms with E-state index in [1.807, 2.05) is 60.7 Å². The largest absolute Gasteiger partial charge is 0.331 e. The van der Waals surface area contributed by atoms with Gasteiger partial charge >= 0.3 is 8.41 Å². The molecule has 0 aliphatic carbocycles. The molecule has 2 heteroatoms. The van der Waals surface area contributed by atoms with Gasteiger partial charge in [0.05, 0.1) is 0 Å². The lowest BCUT2D eigenvalue weighted by molar-refractivity contribution is 0.841. The molecule has 2 rings (SSSR count). The van der Waals surface area contributed by atoms with Gasteiger partial charge in [-0.15, -0.1) is 6.58 Å². The third-order valence-electron chi connectivity index (χ3n) is 2.67. The van der Waals surface area contributed by atoms with Crippen LogP contribution < -0.4 is 10.4 Å². The standard InChI is InChI=1S/C14H13FSi/c1-2-16(15,13-9-5-3-6-10-13)14-11-7-4-8-12-14/h2-12H,1H2. The maximum atomic E-state index is 15.0. The lowest BCUT2D eigenvalue weighted by Crippen LogP contribution is -2.53. The van der Waals surface area contributed by atoms with Crippen molar-refractivity contribution in [2.75, 3.05) is 0 Å². The Kier molecular flexibility index (Phi) is 3.01. The zero-order valence-electron chi connectivity index (χ0n) is 8.94. The molecule has 2 aromatic carbocycles. The van der Waals surface area contributed by atoms with E-state index >= 15 is 4.11 Å². The van der Waals surface area contributed by atoms with Crippen LogP contribution in [0.3, 0.4) is 0 Å². The minimum Gasteiger partial charge on any atom is -0.296 e. The summed E-state index contributed by atoms with van der Waals surface area (Å²) in [5, 5.41) is 1.49. The van der Waals surface area contributed by atoms with Crippen LogP contribution in [0, 0.1) is 0 Å². The van der Waals surface area contributed by atoms with E-state index in [-0.39, 0.29) is 0 Å². The fraction of sp³-hybridized carbons (Fsp3) is 0. The lowest BCUT2D eigenvalue weighted by atomic mass is 10.4. The zero-order chi connectivity index (χ0) is 11.4. The Morgan fingerprint density at radius 1 is 0.812 bits per heavy atom. The predicted octanol–water partition coefficient (Wildman–Crippen LogP) is 2.44. The first-order valence-corrected chi connectivity index (χ1v) is 7.16. The number of halogens is 1. The van der Waals surface area contributed by atoms with Crippen LogP contribution in [-0.2, 0) is 0 Å². The molecule has 0 aromatic heterocycles. The maximum Gasteiger partial charge on any atom is 0.331 e. The van der Waals surface area contributed by atoms with Gasteiger partial charge in [-0.2, -0.15) is 0 Å². The van der Waals surface area contributed by atoms with E-state index in [0.29, 0.717) is 0 Å². The summed E-state index contributed by atoms with van der Waals surface area (Å²) < 4.78 is 15.0.